The molecule has 176 valence electrons. The molecule has 3 N–H and O–H groups in total. The Morgan fingerprint density at radius 3 is 2.38 bits per heavy atom. The highest BCUT2D eigenvalue weighted by Crippen LogP contribution is 2.44. The normalized spacial score (nSPS) is 12.0. The van der Waals surface area contributed by atoms with E-state index in [1.54, 1.807) is 7.05 Å². The molecule has 2 aromatic carbocycles. The van der Waals surface area contributed by atoms with Crippen molar-refractivity contribution in [2.24, 2.45) is 7.05 Å². The number of rotatable bonds is 9. The Hall–Kier alpha value is -3.79. The van der Waals surface area contributed by atoms with Gasteiger partial charge in [-0.3, -0.25) is 9.48 Å². The summed E-state index contributed by atoms with van der Waals surface area (Å²) >= 11 is 1.30. The lowest BCUT2D eigenvalue weighted by molar-refractivity contribution is -0.113. The van der Waals surface area contributed by atoms with Crippen LogP contribution in [0.25, 0.3) is 11.1 Å². The number of carbonyl (C=O) groups excluding carboxylic acids is 2. The van der Waals surface area contributed by atoms with Crippen LogP contribution in [0.1, 0.15) is 27.4 Å². The summed E-state index contributed by atoms with van der Waals surface area (Å²) in [7, 11) is 1.58. The maximum atomic E-state index is 12.2. The van der Waals surface area contributed by atoms with E-state index >= 15 is 0 Å². The molecule has 0 radical (unpaired) electrons. The maximum Gasteiger partial charge on any atom is 0.407 e. The van der Waals surface area contributed by atoms with Crippen LogP contribution in [0.2, 0.25) is 0 Å². The first-order chi connectivity index (χ1) is 16.4. The van der Waals surface area contributed by atoms with E-state index in [4.69, 9.17) is 9.84 Å². The van der Waals surface area contributed by atoms with Crippen LogP contribution >= 0.6 is 11.8 Å². The number of carboxylic acids is 1. The van der Waals surface area contributed by atoms with Gasteiger partial charge in [0.1, 0.15) is 12.2 Å². The second kappa shape index (κ2) is 10.4. The standard InChI is InChI=1S/C24H24N4O5S/c1-28-12-19(23(30)31)22(27-28)26-21(29)14-34-11-10-25-24(32)33-13-20-17-8-4-2-6-15(17)16-7-3-5-9-18(16)20/h2-9,12,20H,10-11,13-14H2,1H3,(H,25,32)(H,30,31)(H,26,27,29). The molecule has 0 fully saturated rings. The predicted molar refractivity (Wildman–Crippen MR) is 129 cm³/mol. The number of anilines is 1. The van der Waals surface area contributed by atoms with Gasteiger partial charge in [-0.15, -0.1) is 0 Å². The zero-order valence-corrected chi connectivity index (χ0v) is 19.3. The highest BCUT2D eigenvalue weighted by molar-refractivity contribution is 7.99. The lowest BCUT2D eigenvalue weighted by Gasteiger charge is -2.14. The number of hydrogen-bond acceptors (Lipinski definition) is 6. The molecule has 0 bridgehead atoms. The van der Waals surface area contributed by atoms with Gasteiger partial charge in [-0.1, -0.05) is 48.5 Å². The molecular weight excluding hydrogens is 456 g/mol. The van der Waals surface area contributed by atoms with E-state index in [1.165, 1.54) is 33.8 Å². The zero-order valence-electron chi connectivity index (χ0n) is 18.5. The number of benzene rings is 2. The molecule has 10 heteroatoms. The molecule has 0 saturated heterocycles. The number of carboxylic acid groups (broad SMARTS) is 1. The van der Waals surface area contributed by atoms with Crippen LogP contribution in [0, 0.1) is 0 Å². The molecule has 4 rings (SSSR count). The number of alkyl carbamates (subject to hydrolysis) is 1. The Morgan fingerprint density at radius 1 is 1.09 bits per heavy atom. The average molecular weight is 481 g/mol. The van der Waals surface area contributed by atoms with Crippen molar-refractivity contribution in [2.45, 2.75) is 5.92 Å². The summed E-state index contributed by atoms with van der Waals surface area (Å²) < 4.78 is 6.80. The highest BCUT2D eigenvalue weighted by Gasteiger charge is 2.28. The van der Waals surface area contributed by atoms with Gasteiger partial charge in [0.2, 0.25) is 5.91 Å². The summed E-state index contributed by atoms with van der Waals surface area (Å²) in [5.41, 5.74) is 4.57. The Labute approximate surface area is 200 Å². The first kappa shape index (κ1) is 23.4. The molecule has 0 atom stereocenters. The highest BCUT2D eigenvalue weighted by atomic mass is 32.2. The van der Waals surface area contributed by atoms with Gasteiger partial charge in [-0.2, -0.15) is 16.9 Å². The summed E-state index contributed by atoms with van der Waals surface area (Å²) in [6.45, 7) is 0.573. The third kappa shape index (κ3) is 5.23. The third-order valence-corrected chi connectivity index (χ3v) is 6.37. The largest absolute Gasteiger partial charge is 0.477 e. The minimum absolute atomic E-state index is 0.00138. The van der Waals surface area contributed by atoms with E-state index in [9.17, 15) is 14.4 Å². The number of ether oxygens (including phenoxy) is 1. The Morgan fingerprint density at radius 2 is 1.74 bits per heavy atom. The van der Waals surface area contributed by atoms with Gasteiger partial charge >= 0.3 is 12.1 Å². The molecule has 1 aliphatic rings. The van der Waals surface area contributed by atoms with Crippen LogP contribution in [-0.2, 0) is 16.6 Å². The van der Waals surface area contributed by atoms with Crippen LogP contribution < -0.4 is 10.6 Å². The quantitative estimate of drug-likeness (QED) is 0.402. The SMILES string of the molecule is Cn1cc(C(=O)O)c(NC(=O)CSCCNC(=O)OCC2c3ccccc3-c3ccccc32)n1. The predicted octanol–water partition coefficient (Wildman–Crippen LogP) is 3.33. The summed E-state index contributed by atoms with van der Waals surface area (Å²) in [5.74, 6) is -0.931. The minimum atomic E-state index is -1.16. The number of hydrogen-bond donors (Lipinski definition) is 3. The second-order valence-electron chi connectivity index (χ2n) is 7.72. The van der Waals surface area contributed by atoms with Crippen LogP contribution in [0.5, 0.6) is 0 Å². The number of aromatic carboxylic acids is 1. The van der Waals surface area contributed by atoms with Gasteiger partial charge in [0, 0.05) is 31.5 Å². The van der Waals surface area contributed by atoms with E-state index in [2.05, 4.69) is 40.0 Å². The third-order valence-electron chi connectivity index (χ3n) is 5.41. The number of fused-ring (bicyclic) bond motifs is 3. The number of thioether (sulfide) groups is 1. The monoisotopic (exact) mass is 480 g/mol. The van der Waals surface area contributed by atoms with E-state index in [0.29, 0.717) is 12.3 Å². The van der Waals surface area contributed by atoms with Gasteiger partial charge in [-0.25, -0.2) is 9.59 Å². The molecule has 0 aliphatic heterocycles. The fraction of sp³-hybridized carbons (Fsp3) is 0.250. The molecule has 34 heavy (non-hydrogen) atoms. The number of amides is 2. The molecule has 1 heterocycles. The van der Waals surface area contributed by atoms with Gasteiger partial charge in [0.05, 0.1) is 5.75 Å². The molecule has 2 amide bonds. The van der Waals surface area contributed by atoms with Crippen LogP contribution in [-0.4, -0.2) is 57.5 Å². The Balaban J connectivity index is 1.18. The van der Waals surface area contributed by atoms with Gasteiger partial charge in [0.15, 0.2) is 5.82 Å². The molecular formula is C24H24N4O5S. The van der Waals surface area contributed by atoms with Crippen molar-refractivity contribution >= 4 is 35.5 Å². The van der Waals surface area contributed by atoms with Crippen molar-refractivity contribution in [3.63, 3.8) is 0 Å². The van der Waals surface area contributed by atoms with Crippen molar-refractivity contribution in [2.75, 3.05) is 30.0 Å². The molecule has 0 unspecified atom stereocenters. The second-order valence-corrected chi connectivity index (χ2v) is 8.83. The van der Waals surface area contributed by atoms with Gasteiger partial charge in [0.25, 0.3) is 0 Å². The summed E-state index contributed by atoms with van der Waals surface area (Å²) in [6, 6.07) is 16.3. The summed E-state index contributed by atoms with van der Waals surface area (Å²) in [6.07, 6.45) is 0.815. The zero-order chi connectivity index (χ0) is 24.1. The molecule has 3 aromatic rings. The molecule has 0 saturated carbocycles. The van der Waals surface area contributed by atoms with Crippen LogP contribution in [0.3, 0.4) is 0 Å². The lowest BCUT2D eigenvalue weighted by atomic mass is 9.98. The molecule has 1 aliphatic carbocycles. The van der Waals surface area contributed by atoms with E-state index in [-0.39, 0.29) is 35.6 Å². The maximum absolute atomic E-state index is 12.2. The average Bonchev–Trinajstić information content (AvgIpc) is 3.35. The van der Waals surface area contributed by atoms with Crippen molar-refractivity contribution in [3.8, 4) is 11.1 Å². The summed E-state index contributed by atoms with van der Waals surface area (Å²) in [5, 5.41) is 18.3. The smallest absolute Gasteiger partial charge is 0.407 e. The first-order valence-electron chi connectivity index (χ1n) is 10.7. The topological polar surface area (TPSA) is 123 Å². The van der Waals surface area contributed by atoms with E-state index in [1.807, 2.05) is 24.3 Å². The van der Waals surface area contributed by atoms with Crippen molar-refractivity contribution < 1.29 is 24.2 Å². The number of nitrogens with zero attached hydrogens (tertiary/aromatic N) is 2. The number of nitrogens with one attached hydrogen (secondary N) is 2. The van der Waals surface area contributed by atoms with Crippen molar-refractivity contribution in [1.82, 2.24) is 15.1 Å². The fourth-order valence-corrected chi connectivity index (χ4v) is 4.59. The minimum Gasteiger partial charge on any atom is -0.477 e. The molecule has 9 nitrogen and oxygen atoms in total. The molecule has 0 spiro atoms. The van der Waals surface area contributed by atoms with E-state index < -0.39 is 12.1 Å². The molecule has 1 aromatic heterocycles. The van der Waals surface area contributed by atoms with Crippen molar-refractivity contribution in [1.29, 1.82) is 0 Å². The van der Waals surface area contributed by atoms with Gasteiger partial charge in [-0.05, 0) is 22.3 Å². The van der Waals surface area contributed by atoms with Crippen molar-refractivity contribution in [3.05, 3.63) is 71.4 Å². The number of aryl methyl sites for hydroxylation is 1. The van der Waals surface area contributed by atoms with E-state index in [0.717, 1.165) is 11.1 Å². The number of aromatic nitrogens is 2. The number of carbonyl (C=O) groups is 3. The summed E-state index contributed by atoms with van der Waals surface area (Å²) in [4.78, 5) is 35.4. The van der Waals surface area contributed by atoms with Gasteiger partial charge < -0.3 is 20.5 Å². The van der Waals surface area contributed by atoms with Crippen LogP contribution in [0.4, 0.5) is 10.6 Å². The Kier molecular flexibility index (Phi) is 7.17. The fourth-order valence-electron chi connectivity index (χ4n) is 3.95. The first-order valence-corrected chi connectivity index (χ1v) is 11.8. The van der Waals surface area contributed by atoms with Crippen LogP contribution in [0.15, 0.2) is 54.7 Å². The Bertz CT molecular complexity index is 1180. The lowest BCUT2D eigenvalue weighted by Crippen LogP contribution is -2.28.